The lowest BCUT2D eigenvalue weighted by atomic mass is 9.82. The van der Waals surface area contributed by atoms with Gasteiger partial charge in [-0.25, -0.2) is 9.78 Å². The smallest absolute Gasteiger partial charge is 0.481 e. The molecule has 0 spiro atoms. The number of halogens is 3. The Morgan fingerprint density at radius 2 is 1.96 bits per heavy atom. The van der Waals surface area contributed by atoms with Crippen molar-refractivity contribution in [3.63, 3.8) is 0 Å². The molecular weight excluding hydrogens is 347 g/mol. The molecule has 1 aliphatic heterocycles. The van der Waals surface area contributed by atoms with Crippen molar-refractivity contribution in [1.82, 2.24) is 9.97 Å². The van der Waals surface area contributed by atoms with Crippen LogP contribution in [0.25, 0.3) is 0 Å². The van der Waals surface area contributed by atoms with Crippen molar-refractivity contribution >= 4 is 17.9 Å². The SMILES string of the molecule is COc1ccnc(N2CCCC(C)(C(=O)O)C2)n1.O=C(O)C(F)(F)F. The standard InChI is InChI=1S/C12H17N3O3.C2HF3O2/c1-12(10(16)17)5-3-7-15(8-12)11-13-6-4-9(14-11)18-2;3-2(4,5)1(6)7/h4,6H,3,5,7-8H2,1-2H3,(H,16,17);(H,6,7). The van der Waals surface area contributed by atoms with Crippen molar-refractivity contribution in [2.45, 2.75) is 25.9 Å². The number of carbonyl (C=O) groups is 2. The molecule has 0 radical (unpaired) electrons. The fourth-order valence-electron chi connectivity index (χ4n) is 2.18. The minimum absolute atomic E-state index is 0.426. The zero-order valence-electron chi connectivity index (χ0n) is 13.6. The molecule has 1 aromatic heterocycles. The number of piperidine rings is 1. The highest BCUT2D eigenvalue weighted by Gasteiger charge is 2.39. The summed E-state index contributed by atoms with van der Waals surface area (Å²) in [5.74, 6) is -2.51. The van der Waals surface area contributed by atoms with Crippen molar-refractivity contribution in [3.05, 3.63) is 12.3 Å². The predicted molar refractivity (Wildman–Crippen MR) is 79.5 cm³/mol. The Labute approximate surface area is 141 Å². The minimum Gasteiger partial charge on any atom is -0.481 e. The van der Waals surface area contributed by atoms with Crippen molar-refractivity contribution in [1.29, 1.82) is 0 Å². The van der Waals surface area contributed by atoms with E-state index >= 15 is 0 Å². The van der Waals surface area contributed by atoms with Crippen LogP contribution in [-0.4, -0.2) is 58.5 Å². The molecule has 1 saturated heterocycles. The molecule has 0 amide bonds. The number of nitrogens with zero attached hydrogens (tertiary/aromatic N) is 3. The van der Waals surface area contributed by atoms with E-state index in [4.69, 9.17) is 14.6 Å². The molecule has 1 unspecified atom stereocenters. The molecule has 11 heteroatoms. The number of alkyl halides is 3. The maximum absolute atomic E-state index is 11.3. The molecule has 2 heterocycles. The Bertz CT molecular complexity index is 626. The van der Waals surface area contributed by atoms with E-state index in [1.807, 2.05) is 4.90 Å². The van der Waals surface area contributed by atoms with E-state index in [2.05, 4.69) is 9.97 Å². The molecule has 0 saturated carbocycles. The number of rotatable bonds is 3. The summed E-state index contributed by atoms with van der Waals surface area (Å²) in [6.45, 7) is 2.97. The van der Waals surface area contributed by atoms with Crippen LogP contribution < -0.4 is 9.64 Å². The van der Waals surface area contributed by atoms with E-state index < -0.39 is 23.5 Å². The van der Waals surface area contributed by atoms with E-state index in [9.17, 15) is 23.1 Å². The van der Waals surface area contributed by atoms with Gasteiger partial charge in [-0.05, 0) is 19.8 Å². The molecule has 0 bridgehead atoms. The number of hydrogen-bond acceptors (Lipinski definition) is 6. The monoisotopic (exact) mass is 365 g/mol. The van der Waals surface area contributed by atoms with Gasteiger partial charge in [0, 0.05) is 25.4 Å². The molecule has 140 valence electrons. The normalized spacial score (nSPS) is 20.3. The third-order valence-electron chi connectivity index (χ3n) is 3.56. The summed E-state index contributed by atoms with van der Waals surface area (Å²) in [6, 6.07) is 1.67. The maximum atomic E-state index is 11.3. The van der Waals surface area contributed by atoms with Gasteiger partial charge in [-0.3, -0.25) is 4.79 Å². The molecule has 0 aromatic carbocycles. The van der Waals surface area contributed by atoms with Crippen molar-refractivity contribution in [2.24, 2.45) is 5.41 Å². The summed E-state index contributed by atoms with van der Waals surface area (Å²) >= 11 is 0. The molecule has 8 nitrogen and oxygen atoms in total. The highest BCUT2D eigenvalue weighted by Crippen LogP contribution is 2.31. The first kappa shape index (κ1) is 20.5. The number of aromatic nitrogens is 2. The highest BCUT2D eigenvalue weighted by molar-refractivity contribution is 5.75. The highest BCUT2D eigenvalue weighted by atomic mass is 19.4. The average molecular weight is 365 g/mol. The quantitative estimate of drug-likeness (QED) is 0.834. The van der Waals surface area contributed by atoms with Gasteiger partial charge in [0.15, 0.2) is 0 Å². The van der Waals surface area contributed by atoms with E-state index in [1.54, 1.807) is 26.3 Å². The topological polar surface area (TPSA) is 113 Å². The number of methoxy groups -OCH3 is 1. The van der Waals surface area contributed by atoms with Crippen LogP contribution in [0.5, 0.6) is 5.88 Å². The van der Waals surface area contributed by atoms with Gasteiger partial charge in [0.1, 0.15) is 0 Å². The van der Waals surface area contributed by atoms with Crippen LogP contribution in [-0.2, 0) is 9.59 Å². The molecule has 1 fully saturated rings. The molecule has 2 rings (SSSR count). The first-order chi connectivity index (χ1) is 11.5. The second-order valence-electron chi connectivity index (χ2n) is 5.59. The molecule has 25 heavy (non-hydrogen) atoms. The first-order valence-corrected chi connectivity index (χ1v) is 7.15. The first-order valence-electron chi connectivity index (χ1n) is 7.15. The van der Waals surface area contributed by atoms with Crippen molar-refractivity contribution in [3.8, 4) is 5.88 Å². The second kappa shape index (κ2) is 7.99. The molecule has 1 aliphatic rings. The van der Waals surface area contributed by atoms with Crippen LogP contribution in [0.1, 0.15) is 19.8 Å². The summed E-state index contributed by atoms with van der Waals surface area (Å²) in [4.78, 5) is 30.5. The van der Waals surface area contributed by atoms with Gasteiger partial charge in [-0.15, -0.1) is 0 Å². The van der Waals surface area contributed by atoms with Crippen LogP contribution in [0.4, 0.5) is 19.1 Å². The van der Waals surface area contributed by atoms with Crippen molar-refractivity contribution in [2.75, 3.05) is 25.1 Å². The average Bonchev–Trinajstić information content (AvgIpc) is 2.54. The summed E-state index contributed by atoms with van der Waals surface area (Å²) in [5, 5.41) is 16.4. The van der Waals surface area contributed by atoms with Crippen LogP contribution in [0.3, 0.4) is 0 Å². The van der Waals surface area contributed by atoms with Gasteiger partial charge >= 0.3 is 18.1 Å². The molecule has 0 aliphatic carbocycles. The lowest BCUT2D eigenvalue weighted by Crippen LogP contribution is -2.46. The molecule has 1 atom stereocenters. The van der Waals surface area contributed by atoms with Gasteiger partial charge in [0.25, 0.3) is 0 Å². The molecule has 2 N–H and O–H groups in total. The van der Waals surface area contributed by atoms with Gasteiger partial charge in [-0.1, -0.05) is 0 Å². The van der Waals surface area contributed by atoms with Crippen molar-refractivity contribution < 1.29 is 37.7 Å². The Kier molecular flexibility index (Phi) is 6.54. The van der Waals surface area contributed by atoms with Gasteiger partial charge in [0.05, 0.1) is 12.5 Å². The van der Waals surface area contributed by atoms with E-state index in [0.717, 1.165) is 13.0 Å². The van der Waals surface area contributed by atoms with Gasteiger partial charge in [-0.2, -0.15) is 18.2 Å². The summed E-state index contributed by atoms with van der Waals surface area (Å²) < 4.78 is 36.8. The van der Waals surface area contributed by atoms with E-state index in [0.29, 0.717) is 24.8 Å². The predicted octanol–water partition coefficient (Wildman–Crippen LogP) is 1.81. The number of aliphatic carboxylic acids is 2. The van der Waals surface area contributed by atoms with Gasteiger partial charge in [0.2, 0.25) is 11.8 Å². The largest absolute Gasteiger partial charge is 0.490 e. The van der Waals surface area contributed by atoms with E-state index in [1.165, 1.54) is 0 Å². The maximum Gasteiger partial charge on any atom is 0.490 e. The fourth-order valence-corrected chi connectivity index (χ4v) is 2.18. The molecular formula is C14H18F3N3O5. The van der Waals surface area contributed by atoms with E-state index in [-0.39, 0.29) is 0 Å². The zero-order valence-corrected chi connectivity index (χ0v) is 13.6. The Morgan fingerprint density at radius 1 is 1.36 bits per heavy atom. The molecule has 1 aromatic rings. The summed E-state index contributed by atoms with van der Waals surface area (Å²) in [7, 11) is 1.55. The number of carboxylic acid groups (broad SMARTS) is 2. The fraction of sp³-hybridized carbons (Fsp3) is 0.571. The lowest BCUT2D eigenvalue weighted by molar-refractivity contribution is -0.192. The third kappa shape index (κ3) is 5.76. The number of carboxylic acids is 2. The minimum atomic E-state index is -5.08. The number of anilines is 1. The van der Waals surface area contributed by atoms with Crippen LogP contribution in [0.2, 0.25) is 0 Å². The Hall–Kier alpha value is -2.59. The summed E-state index contributed by atoms with van der Waals surface area (Å²) in [6.07, 6.45) is -1.96. The Morgan fingerprint density at radius 3 is 2.44 bits per heavy atom. The lowest BCUT2D eigenvalue weighted by Gasteiger charge is -2.37. The number of ether oxygens (including phenoxy) is 1. The van der Waals surface area contributed by atoms with Gasteiger partial charge < -0.3 is 19.8 Å². The second-order valence-corrected chi connectivity index (χ2v) is 5.59. The zero-order chi connectivity index (χ0) is 19.3. The summed E-state index contributed by atoms with van der Waals surface area (Å²) in [5.41, 5.74) is -0.731. The van der Waals surface area contributed by atoms with Crippen LogP contribution in [0, 0.1) is 5.41 Å². The van der Waals surface area contributed by atoms with Crippen LogP contribution in [0.15, 0.2) is 12.3 Å². The van der Waals surface area contributed by atoms with Crippen LogP contribution >= 0.6 is 0 Å². The Balaban J connectivity index is 0.000000381. The number of hydrogen-bond donors (Lipinski definition) is 2. The third-order valence-corrected chi connectivity index (χ3v) is 3.56.